The Morgan fingerprint density at radius 3 is 2.73 bits per heavy atom. The molecule has 1 amide bonds. The molecule has 0 bridgehead atoms. The van der Waals surface area contributed by atoms with E-state index in [4.69, 9.17) is 21.1 Å². The van der Waals surface area contributed by atoms with E-state index in [1.807, 2.05) is 24.0 Å². The first-order valence-electron chi connectivity index (χ1n) is 9.28. The van der Waals surface area contributed by atoms with E-state index in [1.165, 1.54) is 0 Å². The molecule has 1 aromatic carbocycles. The number of methoxy groups -OCH3 is 1. The Balaban J connectivity index is 1.53. The summed E-state index contributed by atoms with van der Waals surface area (Å²) in [5, 5.41) is 0.676. The summed E-state index contributed by atoms with van der Waals surface area (Å²) < 4.78 is 11.2. The van der Waals surface area contributed by atoms with Gasteiger partial charge in [-0.1, -0.05) is 11.6 Å². The average molecular weight is 381 g/mol. The average Bonchev–Trinajstić information content (AvgIpc) is 2.90. The lowest BCUT2D eigenvalue weighted by Gasteiger charge is -2.42. The molecule has 26 heavy (non-hydrogen) atoms. The van der Waals surface area contributed by atoms with Crippen LogP contribution in [0.25, 0.3) is 0 Å². The van der Waals surface area contributed by atoms with Gasteiger partial charge in [0, 0.05) is 44.2 Å². The summed E-state index contributed by atoms with van der Waals surface area (Å²) in [5.74, 6) is 1.33. The van der Waals surface area contributed by atoms with E-state index >= 15 is 0 Å². The van der Waals surface area contributed by atoms with Crippen molar-refractivity contribution in [1.29, 1.82) is 0 Å². The Bertz CT molecular complexity index is 644. The van der Waals surface area contributed by atoms with Gasteiger partial charge in [-0.2, -0.15) is 0 Å². The van der Waals surface area contributed by atoms with Crippen LogP contribution in [0.3, 0.4) is 0 Å². The van der Waals surface area contributed by atoms with Gasteiger partial charge in [-0.15, -0.1) is 0 Å². The normalized spacial score (nSPS) is 22.8. The van der Waals surface area contributed by atoms with Crippen LogP contribution < -0.4 is 4.74 Å². The molecule has 5 nitrogen and oxygen atoms in total. The Labute approximate surface area is 161 Å². The Kier molecular flexibility index (Phi) is 6.10. The van der Waals surface area contributed by atoms with Gasteiger partial charge in [0.25, 0.3) is 5.91 Å². The number of nitrogens with zero attached hydrogens (tertiary/aromatic N) is 2. The zero-order valence-corrected chi connectivity index (χ0v) is 16.7. The molecular formula is C20H29ClN2O3. The number of benzene rings is 1. The number of hydrogen-bond acceptors (Lipinski definition) is 4. The quantitative estimate of drug-likeness (QED) is 0.787. The number of piperidine rings is 1. The van der Waals surface area contributed by atoms with Crippen LogP contribution in [0.2, 0.25) is 5.02 Å². The molecule has 0 aromatic heterocycles. The zero-order chi connectivity index (χ0) is 18.7. The number of halogens is 1. The third kappa shape index (κ3) is 4.16. The minimum Gasteiger partial charge on any atom is -0.483 e. The Morgan fingerprint density at radius 2 is 2.08 bits per heavy atom. The molecule has 0 saturated carbocycles. The predicted molar refractivity (Wildman–Crippen MR) is 103 cm³/mol. The molecule has 0 radical (unpaired) electrons. The van der Waals surface area contributed by atoms with E-state index in [1.54, 1.807) is 13.2 Å². The van der Waals surface area contributed by atoms with Crippen molar-refractivity contribution in [3.05, 3.63) is 28.8 Å². The summed E-state index contributed by atoms with van der Waals surface area (Å²) in [6, 6.07) is 5.45. The summed E-state index contributed by atoms with van der Waals surface area (Å²) >= 11 is 5.96. The summed E-state index contributed by atoms with van der Waals surface area (Å²) in [7, 11) is 3.96. The minimum atomic E-state index is 0.0591. The van der Waals surface area contributed by atoms with Crippen LogP contribution in [0.1, 0.15) is 18.4 Å². The third-order valence-corrected chi connectivity index (χ3v) is 6.19. The molecule has 0 N–H and O–H groups in total. The van der Waals surface area contributed by atoms with Gasteiger partial charge in [0.05, 0.1) is 6.61 Å². The van der Waals surface area contributed by atoms with Crippen LogP contribution in [0.15, 0.2) is 18.2 Å². The number of hydrogen-bond donors (Lipinski definition) is 0. The maximum Gasteiger partial charge on any atom is 0.260 e. The Hall–Kier alpha value is -1.30. The molecule has 1 atom stereocenters. The van der Waals surface area contributed by atoms with Gasteiger partial charge in [-0.05, 0) is 56.0 Å². The van der Waals surface area contributed by atoms with Crippen LogP contribution in [-0.4, -0.2) is 69.3 Å². The maximum atomic E-state index is 12.6. The standard InChI is InChI=1S/C20H29ClN2O3/c1-15-10-17(21)4-5-18(15)26-13-19(24)23-8-6-20(7-9-23)14-22(2)11-16(20)12-25-3/h4-5,10,16H,6-9,11-14H2,1-3H3. The summed E-state index contributed by atoms with van der Waals surface area (Å²) in [4.78, 5) is 16.9. The van der Waals surface area contributed by atoms with Crippen LogP contribution in [-0.2, 0) is 9.53 Å². The number of ether oxygens (including phenoxy) is 2. The van der Waals surface area contributed by atoms with E-state index in [0.29, 0.717) is 16.7 Å². The van der Waals surface area contributed by atoms with E-state index in [9.17, 15) is 4.79 Å². The molecule has 2 heterocycles. The van der Waals surface area contributed by atoms with E-state index in [0.717, 1.165) is 51.2 Å². The van der Waals surface area contributed by atoms with Crippen molar-refractivity contribution in [2.75, 3.05) is 53.6 Å². The van der Waals surface area contributed by atoms with Crippen molar-refractivity contribution in [1.82, 2.24) is 9.80 Å². The van der Waals surface area contributed by atoms with E-state index < -0.39 is 0 Å². The highest BCUT2D eigenvalue weighted by molar-refractivity contribution is 6.30. The number of carbonyl (C=O) groups is 1. The van der Waals surface area contributed by atoms with Crippen molar-refractivity contribution >= 4 is 17.5 Å². The molecule has 6 heteroatoms. The van der Waals surface area contributed by atoms with Crippen LogP contribution in [0, 0.1) is 18.3 Å². The van der Waals surface area contributed by atoms with Gasteiger partial charge < -0.3 is 19.3 Å². The number of carbonyl (C=O) groups excluding carboxylic acids is 1. The van der Waals surface area contributed by atoms with Crippen molar-refractivity contribution in [2.24, 2.45) is 11.3 Å². The van der Waals surface area contributed by atoms with Crippen LogP contribution >= 0.6 is 11.6 Å². The van der Waals surface area contributed by atoms with E-state index in [2.05, 4.69) is 11.9 Å². The van der Waals surface area contributed by atoms with Crippen molar-refractivity contribution in [3.8, 4) is 5.75 Å². The molecule has 1 unspecified atom stereocenters. The second-order valence-electron chi connectivity index (χ2n) is 7.79. The maximum absolute atomic E-state index is 12.6. The van der Waals surface area contributed by atoms with Crippen LogP contribution in [0.5, 0.6) is 5.75 Å². The number of aryl methyl sites for hydroxylation is 1. The number of amides is 1. The summed E-state index contributed by atoms with van der Waals surface area (Å²) in [6.07, 6.45) is 2.08. The second kappa shape index (κ2) is 8.15. The highest BCUT2D eigenvalue weighted by atomic mass is 35.5. The van der Waals surface area contributed by atoms with Crippen molar-refractivity contribution in [2.45, 2.75) is 19.8 Å². The zero-order valence-electron chi connectivity index (χ0n) is 16.0. The molecule has 2 saturated heterocycles. The number of rotatable bonds is 5. The highest BCUT2D eigenvalue weighted by Gasteiger charge is 2.47. The molecule has 2 aliphatic heterocycles. The van der Waals surface area contributed by atoms with Crippen molar-refractivity contribution in [3.63, 3.8) is 0 Å². The first-order valence-corrected chi connectivity index (χ1v) is 9.65. The third-order valence-electron chi connectivity index (χ3n) is 5.95. The predicted octanol–water partition coefficient (Wildman–Crippen LogP) is 2.84. The SMILES string of the molecule is COCC1CN(C)CC12CCN(C(=O)COc1ccc(Cl)cc1C)CC2. The van der Waals surface area contributed by atoms with Crippen LogP contribution in [0.4, 0.5) is 0 Å². The fourth-order valence-corrected chi connectivity index (χ4v) is 4.73. The summed E-state index contributed by atoms with van der Waals surface area (Å²) in [5.41, 5.74) is 1.23. The lowest BCUT2D eigenvalue weighted by Crippen LogP contribution is -2.48. The molecule has 2 fully saturated rings. The fraction of sp³-hybridized carbons (Fsp3) is 0.650. The molecular weight excluding hydrogens is 352 g/mol. The first-order chi connectivity index (χ1) is 12.4. The first kappa shape index (κ1) is 19.5. The lowest BCUT2D eigenvalue weighted by atomic mass is 9.71. The van der Waals surface area contributed by atoms with Gasteiger partial charge in [-0.25, -0.2) is 0 Å². The monoisotopic (exact) mass is 380 g/mol. The minimum absolute atomic E-state index is 0.0591. The summed E-state index contributed by atoms with van der Waals surface area (Å²) in [6.45, 7) is 6.60. The van der Waals surface area contributed by atoms with Gasteiger partial charge >= 0.3 is 0 Å². The highest BCUT2D eigenvalue weighted by Crippen LogP contribution is 2.44. The Morgan fingerprint density at radius 1 is 1.35 bits per heavy atom. The van der Waals surface area contributed by atoms with Gasteiger partial charge in [0.1, 0.15) is 5.75 Å². The topological polar surface area (TPSA) is 42.0 Å². The molecule has 144 valence electrons. The second-order valence-corrected chi connectivity index (χ2v) is 8.23. The fourth-order valence-electron chi connectivity index (χ4n) is 4.51. The molecule has 1 spiro atoms. The largest absolute Gasteiger partial charge is 0.483 e. The van der Waals surface area contributed by atoms with Gasteiger partial charge in [0.2, 0.25) is 0 Å². The van der Waals surface area contributed by atoms with Gasteiger partial charge in [-0.3, -0.25) is 4.79 Å². The lowest BCUT2D eigenvalue weighted by molar-refractivity contribution is -0.136. The molecule has 1 aromatic rings. The molecule has 2 aliphatic rings. The van der Waals surface area contributed by atoms with Crippen molar-refractivity contribution < 1.29 is 14.3 Å². The molecule has 3 rings (SSSR count). The smallest absolute Gasteiger partial charge is 0.260 e. The molecule has 0 aliphatic carbocycles. The number of likely N-dealkylation sites (tertiary alicyclic amines) is 2. The van der Waals surface area contributed by atoms with E-state index in [-0.39, 0.29) is 17.9 Å². The van der Waals surface area contributed by atoms with Gasteiger partial charge in [0.15, 0.2) is 6.61 Å².